The zero-order valence-corrected chi connectivity index (χ0v) is 27.3. The maximum atomic E-state index is 13.7. The highest BCUT2D eigenvalue weighted by Gasteiger charge is 2.32. The predicted octanol–water partition coefficient (Wildman–Crippen LogP) is 3.12. The van der Waals surface area contributed by atoms with E-state index >= 15 is 0 Å². The molecule has 3 rings (SSSR count). The first-order chi connectivity index (χ1) is 22.7. The number of carbonyl (C=O) groups is 5. The lowest BCUT2D eigenvalue weighted by Gasteiger charge is -2.27. The maximum absolute atomic E-state index is 13.7. The molecule has 1 saturated carbocycles. The summed E-state index contributed by atoms with van der Waals surface area (Å²) in [7, 11) is 3.05. The Bertz CT molecular complexity index is 1370. The lowest BCUT2D eigenvalue weighted by Crippen LogP contribution is -2.55. The normalized spacial score (nSPS) is 14.4. The summed E-state index contributed by atoms with van der Waals surface area (Å²) in [5, 5.41) is 7.66. The Kier molecular flexibility index (Phi) is 15.4. The SMILES string of the molecule is CCOC(=O)CNC(=O)C(=O)C(COCc1ccccc1)NC(=O)[C@@H](CC1CCCCC1)NC(=O)/C=C/c1cc(OC)ccc1OC. The number of amides is 3. The van der Waals surface area contributed by atoms with E-state index in [-0.39, 0.29) is 25.7 Å². The van der Waals surface area contributed by atoms with Crippen molar-refractivity contribution in [2.24, 2.45) is 5.92 Å². The summed E-state index contributed by atoms with van der Waals surface area (Å²) < 4.78 is 21.2. The van der Waals surface area contributed by atoms with Gasteiger partial charge in [-0.3, -0.25) is 24.0 Å². The number of esters is 1. The van der Waals surface area contributed by atoms with Crippen molar-refractivity contribution in [1.82, 2.24) is 16.0 Å². The quantitative estimate of drug-likeness (QED) is 0.125. The van der Waals surface area contributed by atoms with Crippen molar-refractivity contribution in [3.05, 3.63) is 65.7 Å². The molecule has 0 bridgehead atoms. The first-order valence-corrected chi connectivity index (χ1v) is 15.8. The molecule has 3 amide bonds. The number of ketones is 1. The van der Waals surface area contributed by atoms with Crippen LogP contribution >= 0.6 is 0 Å². The third kappa shape index (κ3) is 12.5. The summed E-state index contributed by atoms with van der Waals surface area (Å²) in [4.78, 5) is 64.5. The number of hydrogen-bond acceptors (Lipinski definition) is 9. The van der Waals surface area contributed by atoms with Crippen LogP contribution < -0.4 is 25.4 Å². The van der Waals surface area contributed by atoms with Crippen LogP contribution in [0.1, 0.15) is 56.6 Å². The first kappa shape index (κ1) is 36.8. The fourth-order valence-corrected chi connectivity index (χ4v) is 5.28. The Morgan fingerprint density at radius 1 is 0.915 bits per heavy atom. The molecule has 0 radical (unpaired) electrons. The Morgan fingerprint density at radius 2 is 1.66 bits per heavy atom. The smallest absolute Gasteiger partial charge is 0.325 e. The van der Waals surface area contributed by atoms with Crippen LogP contribution in [0.4, 0.5) is 0 Å². The average Bonchev–Trinajstić information content (AvgIpc) is 3.09. The van der Waals surface area contributed by atoms with Gasteiger partial charge in [-0.15, -0.1) is 0 Å². The fourth-order valence-electron chi connectivity index (χ4n) is 5.28. The van der Waals surface area contributed by atoms with Gasteiger partial charge >= 0.3 is 5.97 Å². The standard InChI is InChI=1S/C35H45N3O9/c1-4-47-32(40)21-36-35(43)33(41)29(23-46-22-25-13-9-6-10-14-25)38-34(42)28(19-24-11-7-5-8-12-24)37-31(39)18-15-26-20-27(44-2)16-17-30(26)45-3/h6,9-10,13-18,20,24,28-29H,4-5,7-8,11-12,19,21-23H2,1-3H3,(H,36,43)(H,37,39)(H,38,42)/b18-15+/t28-,29?/m1/s1. The average molecular weight is 652 g/mol. The number of ether oxygens (including phenoxy) is 4. The Balaban J connectivity index is 1.77. The van der Waals surface area contributed by atoms with Crippen molar-refractivity contribution < 1.29 is 42.9 Å². The van der Waals surface area contributed by atoms with E-state index in [1.807, 2.05) is 30.3 Å². The van der Waals surface area contributed by atoms with E-state index in [1.165, 1.54) is 20.3 Å². The molecule has 254 valence electrons. The van der Waals surface area contributed by atoms with Gasteiger partial charge in [-0.25, -0.2) is 0 Å². The van der Waals surface area contributed by atoms with Gasteiger partial charge in [0, 0.05) is 11.6 Å². The van der Waals surface area contributed by atoms with E-state index in [1.54, 1.807) is 31.2 Å². The predicted molar refractivity (Wildman–Crippen MR) is 174 cm³/mol. The van der Waals surface area contributed by atoms with E-state index in [0.717, 1.165) is 37.7 Å². The zero-order chi connectivity index (χ0) is 34.0. The van der Waals surface area contributed by atoms with Crippen molar-refractivity contribution in [1.29, 1.82) is 0 Å². The second-order valence-corrected chi connectivity index (χ2v) is 11.2. The second-order valence-electron chi connectivity index (χ2n) is 11.2. The Labute approximate surface area is 275 Å². The topological polar surface area (TPSA) is 158 Å². The second kappa shape index (κ2) is 19.7. The summed E-state index contributed by atoms with van der Waals surface area (Å²) in [5.41, 5.74) is 1.43. The van der Waals surface area contributed by atoms with Crippen LogP contribution in [-0.2, 0) is 40.1 Å². The summed E-state index contributed by atoms with van der Waals surface area (Å²) in [6, 6.07) is 12.0. The van der Waals surface area contributed by atoms with E-state index in [0.29, 0.717) is 23.5 Å². The summed E-state index contributed by atoms with van der Waals surface area (Å²) >= 11 is 0. The van der Waals surface area contributed by atoms with E-state index < -0.39 is 48.1 Å². The fraction of sp³-hybridized carbons (Fsp3) is 0.457. The third-order valence-corrected chi connectivity index (χ3v) is 7.73. The van der Waals surface area contributed by atoms with Crippen LogP contribution in [-0.4, -0.2) is 75.5 Å². The molecule has 2 aromatic carbocycles. The van der Waals surface area contributed by atoms with E-state index in [4.69, 9.17) is 18.9 Å². The molecule has 0 saturated heterocycles. The minimum absolute atomic E-state index is 0.116. The molecule has 47 heavy (non-hydrogen) atoms. The molecule has 2 atom stereocenters. The highest BCUT2D eigenvalue weighted by atomic mass is 16.5. The van der Waals surface area contributed by atoms with Crippen molar-refractivity contribution in [2.75, 3.05) is 34.0 Å². The van der Waals surface area contributed by atoms with Gasteiger partial charge < -0.3 is 34.9 Å². The van der Waals surface area contributed by atoms with Crippen molar-refractivity contribution in [2.45, 2.75) is 64.1 Å². The molecule has 1 aliphatic rings. The largest absolute Gasteiger partial charge is 0.497 e. The number of hydrogen-bond donors (Lipinski definition) is 3. The Hall–Kier alpha value is -4.71. The molecule has 1 unspecified atom stereocenters. The van der Waals surface area contributed by atoms with Gasteiger partial charge in [0.15, 0.2) is 0 Å². The lowest BCUT2D eigenvalue weighted by atomic mass is 9.84. The number of nitrogens with one attached hydrogen (secondary N) is 3. The number of benzene rings is 2. The van der Waals surface area contributed by atoms with Crippen molar-refractivity contribution >= 4 is 35.6 Å². The van der Waals surface area contributed by atoms with Crippen LogP contribution in [0.5, 0.6) is 11.5 Å². The van der Waals surface area contributed by atoms with Crippen LogP contribution in [0.25, 0.3) is 6.08 Å². The van der Waals surface area contributed by atoms with Crippen LogP contribution in [0.2, 0.25) is 0 Å². The molecule has 0 heterocycles. The highest BCUT2D eigenvalue weighted by molar-refractivity contribution is 6.38. The number of Topliss-reactive ketones (excluding diaryl/α,β-unsaturated/α-hetero) is 1. The lowest BCUT2D eigenvalue weighted by molar-refractivity contribution is -0.146. The minimum atomic E-state index is -1.38. The summed E-state index contributed by atoms with van der Waals surface area (Å²) in [6.45, 7) is 1.05. The summed E-state index contributed by atoms with van der Waals surface area (Å²) in [5.74, 6) is -2.63. The zero-order valence-electron chi connectivity index (χ0n) is 27.3. The van der Waals surface area contributed by atoms with Gasteiger partial charge in [0.2, 0.25) is 17.6 Å². The van der Waals surface area contributed by atoms with Gasteiger partial charge in [-0.05, 0) is 49.1 Å². The molecule has 0 aliphatic heterocycles. The van der Waals surface area contributed by atoms with Gasteiger partial charge in [-0.1, -0.05) is 62.4 Å². The minimum Gasteiger partial charge on any atom is -0.497 e. The van der Waals surface area contributed by atoms with Gasteiger partial charge in [0.05, 0.1) is 34.0 Å². The number of methoxy groups -OCH3 is 2. The van der Waals surface area contributed by atoms with E-state index in [2.05, 4.69) is 16.0 Å². The van der Waals surface area contributed by atoms with Crippen LogP contribution in [0, 0.1) is 5.92 Å². The first-order valence-electron chi connectivity index (χ1n) is 15.8. The number of rotatable bonds is 18. The molecule has 0 aromatic heterocycles. The molecule has 1 fully saturated rings. The van der Waals surface area contributed by atoms with Crippen LogP contribution in [0.15, 0.2) is 54.6 Å². The molecule has 12 heteroatoms. The van der Waals surface area contributed by atoms with E-state index in [9.17, 15) is 24.0 Å². The molecular weight excluding hydrogens is 606 g/mol. The molecule has 1 aliphatic carbocycles. The number of carbonyl (C=O) groups excluding carboxylic acids is 5. The van der Waals surface area contributed by atoms with Gasteiger partial charge in [-0.2, -0.15) is 0 Å². The van der Waals surface area contributed by atoms with Crippen LogP contribution in [0.3, 0.4) is 0 Å². The van der Waals surface area contributed by atoms with Gasteiger partial charge in [0.25, 0.3) is 5.91 Å². The Morgan fingerprint density at radius 3 is 2.34 bits per heavy atom. The van der Waals surface area contributed by atoms with Gasteiger partial charge in [0.1, 0.15) is 30.1 Å². The monoisotopic (exact) mass is 651 g/mol. The van der Waals surface area contributed by atoms with Crippen molar-refractivity contribution in [3.63, 3.8) is 0 Å². The summed E-state index contributed by atoms with van der Waals surface area (Å²) in [6.07, 6.45) is 8.20. The molecule has 3 N–H and O–H groups in total. The molecule has 0 spiro atoms. The highest BCUT2D eigenvalue weighted by Crippen LogP contribution is 2.28. The molecule has 12 nitrogen and oxygen atoms in total. The maximum Gasteiger partial charge on any atom is 0.325 e. The third-order valence-electron chi connectivity index (χ3n) is 7.73. The molecular formula is C35H45N3O9. The molecule has 2 aromatic rings. The van der Waals surface area contributed by atoms with Crippen molar-refractivity contribution in [3.8, 4) is 11.5 Å².